The van der Waals surface area contributed by atoms with Crippen molar-refractivity contribution in [1.82, 2.24) is 9.80 Å². The molecule has 2 aliphatic rings. The van der Waals surface area contributed by atoms with Crippen LogP contribution in [0.4, 0.5) is 13.6 Å². The fourth-order valence-corrected chi connectivity index (χ4v) is 2.86. The summed E-state index contributed by atoms with van der Waals surface area (Å²) in [4.78, 5) is 15.9. The third-order valence-corrected chi connectivity index (χ3v) is 4.08. The summed E-state index contributed by atoms with van der Waals surface area (Å²) in [5, 5.41) is 0. The fraction of sp³-hybridized carbons (Fsp3) is 0.438. The molecule has 1 aromatic carbocycles. The first-order valence-corrected chi connectivity index (χ1v) is 7.35. The number of carbonyl (C=O) groups excluding carboxylic acids is 1. The molecule has 0 saturated carbocycles. The van der Waals surface area contributed by atoms with Crippen LogP contribution >= 0.6 is 0 Å². The van der Waals surface area contributed by atoms with Gasteiger partial charge in [0.05, 0.1) is 13.2 Å². The zero-order chi connectivity index (χ0) is 15.7. The molecule has 4 nitrogen and oxygen atoms in total. The quantitative estimate of drug-likeness (QED) is 0.798. The Balaban J connectivity index is 1.76. The van der Waals surface area contributed by atoms with Crippen molar-refractivity contribution >= 4 is 11.6 Å². The molecule has 1 atom stereocenters. The van der Waals surface area contributed by atoms with E-state index in [4.69, 9.17) is 4.74 Å². The monoisotopic (exact) mass is 308 g/mol. The van der Waals surface area contributed by atoms with Gasteiger partial charge in [0.1, 0.15) is 11.6 Å². The molecule has 1 fully saturated rings. The second kappa shape index (κ2) is 6.04. The molecule has 3 rings (SSSR count). The second-order valence-corrected chi connectivity index (χ2v) is 5.57. The molecule has 2 heterocycles. The van der Waals surface area contributed by atoms with Crippen LogP contribution in [0.1, 0.15) is 12.5 Å². The molecule has 0 bridgehead atoms. The highest BCUT2D eigenvalue weighted by molar-refractivity contribution is 5.81. The van der Waals surface area contributed by atoms with E-state index in [9.17, 15) is 13.6 Å². The van der Waals surface area contributed by atoms with Gasteiger partial charge in [0.25, 0.3) is 0 Å². The van der Waals surface area contributed by atoms with Gasteiger partial charge in [-0.05, 0) is 30.7 Å². The van der Waals surface area contributed by atoms with Crippen molar-refractivity contribution < 1.29 is 18.3 Å². The molecule has 0 spiro atoms. The van der Waals surface area contributed by atoms with Crippen LogP contribution in [0.5, 0.6) is 0 Å². The molecule has 118 valence electrons. The Morgan fingerprint density at radius 1 is 1.27 bits per heavy atom. The Morgan fingerprint density at radius 2 is 2.00 bits per heavy atom. The Labute approximate surface area is 128 Å². The van der Waals surface area contributed by atoms with Gasteiger partial charge in [0.2, 0.25) is 0 Å². The summed E-state index contributed by atoms with van der Waals surface area (Å²) < 4.78 is 32.5. The van der Waals surface area contributed by atoms with Crippen LogP contribution < -0.4 is 0 Å². The Kier molecular flexibility index (Phi) is 4.11. The summed E-state index contributed by atoms with van der Waals surface area (Å²) in [6, 6.07) is 3.15. The van der Waals surface area contributed by atoms with E-state index >= 15 is 0 Å². The van der Waals surface area contributed by atoms with Crippen molar-refractivity contribution in [1.29, 1.82) is 0 Å². The highest BCUT2D eigenvalue weighted by atomic mass is 19.1. The fourth-order valence-electron chi connectivity index (χ4n) is 2.86. The molecule has 0 radical (unpaired) electrons. The summed E-state index contributed by atoms with van der Waals surface area (Å²) in [6.45, 7) is 4.36. The van der Waals surface area contributed by atoms with Crippen LogP contribution in [0, 0.1) is 11.6 Å². The van der Waals surface area contributed by atoms with Crippen molar-refractivity contribution in [2.75, 3.05) is 32.8 Å². The zero-order valence-electron chi connectivity index (χ0n) is 12.4. The molecule has 1 saturated heterocycles. The summed E-state index contributed by atoms with van der Waals surface area (Å²) in [5.74, 6) is -0.955. The maximum absolute atomic E-state index is 13.9. The number of halogens is 2. The maximum Gasteiger partial charge on any atom is 0.320 e. The minimum absolute atomic E-state index is 0.0844. The maximum atomic E-state index is 13.9. The number of hydrogen-bond donors (Lipinski definition) is 0. The van der Waals surface area contributed by atoms with Gasteiger partial charge in [-0.15, -0.1) is 0 Å². The van der Waals surface area contributed by atoms with Crippen molar-refractivity contribution in [3.8, 4) is 0 Å². The summed E-state index contributed by atoms with van der Waals surface area (Å²) in [5.41, 5.74) is 0.871. The predicted octanol–water partition coefficient (Wildman–Crippen LogP) is 2.50. The average Bonchev–Trinajstić information content (AvgIpc) is 2.91. The summed E-state index contributed by atoms with van der Waals surface area (Å²) in [6.07, 6.45) is 1.82. The van der Waals surface area contributed by atoms with Gasteiger partial charge in [-0.25, -0.2) is 13.6 Å². The lowest BCUT2D eigenvalue weighted by molar-refractivity contribution is 0.0435. The first-order valence-electron chi connectivity index (χ1n) is 7.35. The van der Waals surface area contributed by atoms with Crippen molar-refractivity contribution in [3.05, 3.63) is 41.5 Å². The number of urea groups is 1. The number of hydrogen-bond acceptors (Lipinski definition) is 2. The van der Waals surface area contributed by atoms with Gasteiger partial charge in [-0.1, -0.05) is 6.08 Å². The second-order valence-electron chi connectivity index (χ2n) is 5.57. The number of nitrogens with zero attached hydrogens (tertiary/aromatic N) is 2. The SMILES string of the molecule is CC1C=C(c2cc(F)ccc2F)CN1C(=O)N1CCOCC1. The summed E-state index contributed by atoms with van der Waals surface area (Å²) in [7, 11) is 0. The standard InChI is InChI=1S/C16H18F2N2O2/c1-11-8-12(14-9-13(17)2-3-15(14)18)10-20(11)16(21)19-4-6-22-7-5-19/h2-3,8-9,11H,4-7,10H2,1H3. The normalized spacial score (nSPS) is 22.0. The lowest BCUT2D eigenvalue weighted by Gasteiger charge is -2.33. The number of morpholine rings is 1. The van der Waals surface area contributed by atoms with Gasteiger partial charge >= 0.3 is 6.03 Å². The summed E-state index contributed by atoms with van der Waals surface area (Å²) >= 11 is 0. The van der Waals surface area contributed by atoms with E-state index in [1.807, 2.05) is 13.0 Å². The zero-order valence-corrected chi connectivity index (χ0v) is 12.4. The topological polar surface area (TPSA) is 32.8 Å². The number of carbonyl (C=O) groups is 1. The number of amides is 2. The van der Waals surface area contributed by atoms with E-state index in [-0.39, 0.29) is 24.2 Å². The van der Waals surface area contributed by atoms with E-state index in [0.717, 1.165) is 12.1 Å². The number of rotatable bonds is 1. The lowest BCUT2D eigenvalue weighted by Crippen LogP contribution is -2.49. The first-order chi connectivity index (χ1) is 10.6. The molecular weight excluding hydrogens is 290 g/mol. The average molecular weight is 308 g/mol. The first kappa shape index (κ1) is 15.0. The largest absolute Gasteiger partial charge is 0.378 e. The van der Waals surface area contributed by atoms with Crippen LogP contribution in [0.25, 0.3) is 5.57 Å². The minimum Gasteiger partial charge on any atom is -0.378 e. The molecule has 0 aliphatic carbocycles. The molecular formula is C16H18F2N2O2. The molecule has 0 N–H and O–H groups in total. The van der Waals surface area contributed by atoms with E-state index in [1.165, 1.54) is 6.07 Å². The van der Waals surface area contributed by atoms with Crippen LogP contribution in [0.3, 0.4) is 0 Å². The van der Waals surface area contributed by atoms with Crippen LogP contribution in [-0.2, 0) is 4.74 Å². The highest BCUT2D eigenvalue weighted by Gasteiger charge is 2.31. The third kappa shape index (κ3) is 2.83. The van der Waals surface area contributed by atoms with Crippen LogP contribution in [-0.4, -0.2) is 54.7 Å². The Hall–Kier alpha value is -1.95. The molecule has 6 heteroatoms. The smallest absolute Gasteiger partial charge is 0.320 e. The lowest BCUT2D eigenvalue weighted by atomic mass is 10.1. The highest BCUT2D eigenvalue weighted by Crippen LogP contribution is 2.28. The Bertz CT molecular complexity index is 612. The van der Waals surface area contributed by atoms with Crippen molar-refractivity contribution in [2.45, 2.75) is 13.0 Å². The molecule has 2 amide bonds. The molecule has 1 aromatic rings. The molecule has 2 aliphatic heterocycles. The third-order valence-electron chi connectivity index (χ3n) is 4.08. The molecule has 1 unspecified atom stereocenters. The predicted molar refractivity (Wildman–Crippen MR) is 78.3 cm³/mol. The van der Waals surface area contributed by atoms with Crippen molar-refractivity contribution in [3.63, 3.8) is 0 Å². The van der Waals surface area contributed by atoms with Gasteiger partial charge in [-0.2, -0.15) is 0 Å². The van der Waals surface area contributed by atoms with Crippen LogP contribution in [0.15, 0.2) is 24.3 Å². The van der Waals surface area contributed by atoms with Gasteiger partial charge in [0, 0.05) is 31.2 Å². The van der Waals surface area contributed by atoms with Gasteiger partial charge < -0.3 is 14.5 Å². The number of ether oxygens (including phenoxy) is 1. The van der Waals surface area contributed by atoms with Crippen LogP contribution in [0.2, 0.25) is 0 Å². The minimum atomic E-state index is -0.483. The molecule has 22 heavy (non-hydrogen) atoms. The van der Waals surface area contributed by atoms with E-state index in [2.05, 4.69) is 0 Å². The molecule has 0 aromatic heterocycles. The Morgan fingerprint density at radius 3 is 2.73 bits per heavy atom. The van der Waals surface area contributed by atoms with Gasteiger partial charge in [-0.3, -0.25) is 0 Å². The van der Waals surface area contributed by atoms with E-state index < -0.39 is 11.6 Å². The number of benzene rings is 1. The van der Waals surface area contributed by atoms with Crippen molar-refractivity contribution in [2.24, 2.45) is 0 Å². The van der Waals surface area contributed by atoms with Gasteiger partial charge in [0.15, 0.2) is 0 Å². The van der Waals surface area contributed by atoms with E-state index in [1.54, 1.807) is 9.80 Å². The van der Waals surface area contributed by atoms with E-state index in [0.29, 0.717) is 31.9 Å².